The zero-order valence-electron chi connectivity index (χ0n) is 7.30. The highest BCUT2D eigenvalue weighted by atomic mass is 32.1. The number of oxime groups is 1. The monoisotopic (exact) mass is 216 g/mol. The summed E-state index contributed by atoms with van der Waals surface area (Å²) in [5.41, 5.74) is 4.95. The van der Waals surface area contributed by atoms with Gasteiger partial charge in [-0.25, -0.2) is 4.79 Å². The number of anilines is 1. The van der Waals surface area contributed by atoms with E-state index in [2.05, 4.69) is 19.4 Å². The highest BCUT2D eigenvalue weighted by Gasteiger charge is 2.18. The Balaban J connectivity index is 2.94. The second-order valence-corrected chi connectivity index (χ2v) is 2.90. The Bertz CT molecular complexity index is 362. The number of aromatic nitrogens is 2. The van der Waals surface area contributed by atoms with Crippen LogP contribution in [-0.2, 0) is 9.63 Å². The summed E-state index contributed by atoms with van der Waals surface area (Å²) in [6, 6.07) is 0. The summed E-state index contributed by atoms with van der Waals surface area (Å²) in [4.78, 5) is 19.0. The molecule has 0 bridgehead atoms. The van der Waals surface area contributed by atoms with Gasteiger partial charge in [0, 0.05) is 11.5 Å². The molecule has 0 spiro atoms. The van der Waals surface area contributed by atoms with E-state index in [0.29, 0.717) is 0 Å². The summed E-state index contributed by atoms with van der Waals surface area (Å²) < 4.78 is 3.70. The van der Waals surface area contributed by atoms with Gasteiger partial charge >= 0.3 is 5.97 Å². The third kappa shape index (κ3) is 2.39. The standard InChI is InChI=1S/C6H8N4O3S/c1-2-13-9-3(5(11)12)4-8-6(7)14-10-4/h2H2,1H3,(H,11,12)(H2,7,8,10). The average Bonchev–Trinajstić information content (AvgIpc) is 2.52. The van der Waals surface area contributed by atoms with Gasteiger partial charge in [0.25, 0.3) is 0 Å². The van der Waals surface area contributed by atoms with Gasteiger partial charge in [0.2, 0.25) is 11.5 Å². The molecule has 0 aliphatic carbocycles. The van der Waals surface area contributed by atoms with Crippen molar-refractivity contribution in [2.24, 2.45) is 5.16 Å². The lowest BCUT2D eigenvalue weighted by atomic mass is 10.4. The largest absolute Gasteiger partial charge is 0.476 e. The van der Waals surface area contributed by atoms with Crippen LogP contribution in [0.1, 0.15) is 12.7 Å². The van der Waals surface area contributed by atoms with Crippen LogP contribution in [0.3, 0.4) is 0 Å². The Hall–Kier alpha value is -1.70. The minimum Gasteiger partial charge on any atom is -0.476 e. The molecule has 1 aromatic heterocycles. The third-order valence-corrected chi connectivity index (χ3v) is 1.68. The van der Waals surface area contributed by atoms with Crippen molar-refractivity contribution in [3.8, 4) is 0 Å². The van der Waals surface area contributed by atoms with Gasteiger partial charge in [-0.3, -0.25) is 0 Å². The molecule has 1 rings (SSSR count). The van der Waals surface area contributed by atoms with Gasteiger partial charge in [-0.1, -0.05) is 5.16 Å². The number of carboxylic acid groups (broad SMARTS) is 1. The van der Waals surface area contributed by atoms with Crippen LogP contribution in [0.5, 0.6) is 0 Å². The lowest BCUT2D eigenvalue weighted by Crippen LogP contribution is -2.16. The minimum absolute atomic E-state index is 0.0338. The molecule has 1 heterocycles. The molecule has 0 saturated carbocycles. The van der Waals surface area contributed by atoms with E-state index in [4.69, 9.17) is 10.8 Å². The van der Waals surface area contributed by atoms with E-state index in [1.165, 1.54) is 0 Å². The van der Waals surface area contributed by atoms with E-state index in [1.807, 2.05) is 0 Å². The van der Waals surface area contributed by atoms with E-state index in [9.17, 15) is 4.79 Å². The van der Waals surface area contributed by atoms with Crippen molar-refractivity contribution in [2.75, 3.05) is 12.3 Å². The molecule has 14 heavy (non-hydrogen) atoms. The number of nitrogens with two attached hydrogens (primary N) is 1. The smallest absolute Gasteiger partial charge is 0.362 e. The highest BCUT2D eigenvalue weighted by Crippen LogP contribution is 2.07. The SMILES string of the molecule is CCON=C(C(=O)O)c1nsc(N)n1. The van der Waals surface area contributed by atoms with Crippen LogP contribution in [0.2, 0.25) is 0 Å². The Morgan fingerprint density at radius 2 is 2.50 bits per heavy atom. The maximum absolute atomic E-state index is 10.7. The van der Waals surface area contributed by atoms with Gasteiger partial charge < -0.3 is 15.7 Å². The molecule has 7 nitrogen and oxygen atoms in total. The lowest BCUT2D eigenvalue weighted by molar-refractivity contribution is -0.129. The Morgan fingerprint density at radius 3 is 2.93 bits per heavy atom. The Kier molecular flexibility index (Phi) is 3.35. The van der Waals surface area contributed by atoms with Gasteiger partial charge in [0.1, 0.15) is 6.61 Å². The molecule has 3 N–H and O–H groups in total. The van der Waals surface area contributed by atoms with Crippen LogP contribution in [0.25, 0.3) is 0 Å². The summed E-state index contributed by atoms with van der Waals surface area (Å²) >= 11 is 0.901. The molecule has 0 aliphatic rings. The molecule has 0 aromatic carbocycles. The number of rotatable bonds is 4. The molecule has 0 amide bonds. The predicted molar refractivity (Wildman–Crippen MR) is 50.1 cm³/mol. The fourth-order valence-corrected chi connectivity index (χ4v) is 1.07. The summed E-state index contributed by atoms with van der Waals surface area (Å²) in [7, 11) is 0. The molecule has 0 aliphatic heterocycles. The van der Waals surface area contributed by atoms with Crippen LogP contribution >= 0.6 is 11.5 Å². The Labute approximate surface area is 83.4 Å². The number of hydrogen-bond donors (Lipinski definition) is 2. The molecule has 0 saturated heterocycles. The van der Waals surface area contributed by atoms with Crippen LogP contribution in [0.15, 0.2) is 5.16 Å². The second kappa shape index (κ2) is 4.51. The fraction of sp³-hybridized carbons (Fsp3) is 0.333. The number of nitrogens with zero attached hydrogens (tertiary/aromatic N) is 3. The molecular formula is C6H8N4O3S. The van der Waals surface area contributed by atoms with Crippen LogP contribution in [0.4, 0.5) is 5.13 Å². The number of hydrogen-bond acceptors (Lipinski definition) is 7. The number of carbonyl (C=O) groups is 1. The first-order chi connectivity index (χ1) is 6.65. The molecule has 1 aromatic rings. The van der Waals surface area contributed by atoms with E-state index < -0.39 is 5.97 Å². The number of aliphatic carboxylic acids is 1. The molecule has 8 heteroatoms. The molecule has 0 atom stereocenters. The first-order valence-corrected chi connectivity index (χ1v) is 4.45. The molecule has 76 valence electrons. The molecule has 0 unspecified atom stereocenters. The molecular weight excluding hydrogens is 208 g/mol. The van der Waals surface area contributed by atoms with Crippen molar-refractivity contribution < 1.29 is 14.7 Å². The van der Waals surface area contributed by atoms with Gasteiger partial charge in [0.15, 0.2) is 5.13 Å². The lowest BCUT2D eigenvalue weighted by Gasteiger charge is -1.95. The van der Waals surface area contributed by atoms with Gasteiger partial charge in [0.05, 0.1) is 0 Å². The highest BCUT2D eigenvalue weighted by molar-refractivity contribution is 7.09. The molecule has 0 radical (unpaired) electrons. The van der Waals surface area contributed by atoms with Gasteiger partial charge in [-0.15, -0.1) is 0 Å². The van der Waals surface area contributed by atoms with Gasteiger partial charge in [-0.2, -0.15) is 9.36 Å². The number of nitrogen functional groups attached to an aromatic ring is 1. The topological polar surface area (TPSA) is 111 Å². The summed E-state index contributed by atoms with van der Waals surface area (Å²) in [6.45, 7) is 1.96. The summed E-state index contributed by atoms with van der Waals surface area (Å²) in [6.07, 6.45) is 0. The van der Waals surface area contributed by atoms with Crippen molar-refractivity contribution >= 4 is 28.3 Å². The van der Waals surface area contributed by atoms with E-state index >= 15 is 0 Å². The van der Waals surface area contributed by atoms with Crippen LogP contribution in [0, 0.1) is 0 Å². The van der Waals surface area contributed by atoms with Crippen molar-refractivity contribution in [3.63, 3.8) is 0 Å². The molecule has 0 fully saturated rings. The Morgan fingerprint density at radius 1 is 1.79 bits per heavy atom. The van der Waals surface area contributed by atoms with Crippen molar-refractivity contribution in [2.45, 2.75) is 6.92 Å². The second-order valence-electron chi connectivity index (χ2n) is 2.12. The first kappa shape index (κ1) is 10.4. The van der Waals surface area contributed by atoms with Gasteiger partial charge in [-0.05, 0) is 6.92 Å². The zero-order chi connectivity index (χ0) is 10.6. The van der Waals surface area contributed by atoms with E-state index in [0.717, 1.165) is 11.5 Å². The quantitative estimate of drug-likeness (QED) is 0.539. The van der Waals surface area contributed by atoms with Crippen molar-refractivity contribution in [1.82, 2.24) is 9.36 Å². The maximum Gasteiger partial charge on any atom is 0.362 e. The zero-order valence-corrected chi connectivity index (χ0v) is 8.11. The minimum atomic E-state index is -1.25. The van der Waals surface area contributed by atoms with Crippen molar-refractivity contribution in [3.05, 3.63) is 5.82 Å². The number of carboxylic acids is 1. The maximum atomic E-state index is 10.7. The van der Waals surface area contributed by atoms with Crippen LogP contribution < -0.4 is 5.73 Å². The third-order valence-electron chi connectivity index (χ3n) is 1.14. The van der Waals surface area contributed by atoms with Crippen molar-refractivity contribution in [1.29, 1.82) is 0 Å². The summed E-state index contributed by atoms with van der Waals surface area (Å²) in [5, 5.41) is 12.3. The summed E-state index contributed by atoms with van der Waals surface area (Å²) in [5.74, 6) is -1.29. The van der Waals surface area contributed by atoms with E-state index in [-0.39, 0.29) is 23.3 Å². The normalized spacial score (nSPS) is 11.4. The van der Waals surface area contributed by atoms with E-state index in [1.54, 1.807) is 6.92 Å². The fourth-order valence-electron chi connectivity index (χ4n) is 0.636. The first-order valence-electron chi connectivity index (χ1n) is 3.68. The predicted octanol–water partition coefficient (Wildman–Crippen LogP) is -0.0545. The average molecular weight is 216 g/mol. The van der Waals surface area contributed by atoms with Crippen LogP contribution in [-0.4, -0.2) is 32.8 Å².